The van der Waals surface area contributed by atoms with E-state index in [4.69, 9.17) is 4.98 Å². The van der Waals surface area contributed by atoms with Crippen LogP contribution in [-0.4, -0.2) is 11.0 Å². The molecule has 0 bridgehead atoms. The molecule has 1 aromatic heterocycles. The summed E-state index contributed by atoms with van der Waals surface area (Å²) in [5.74, 6) is 0.481. The molecular weight excluding hydrogens is 283 g/mol. The molecule has 4 rings (SSSR count). The van der Waals surface area contributed by atoms with Crippen LogP contribution in [0.1, 0.15) is 47.7 Å². The van der Waals surface area contributed by atoms with Crippen LogP contribution in [0, 0.1) is 12.7 Å². The van der Waals surface area contributed by atoms with Gasteiger partial charge in [-0.05, 0) is 44.2 Å². The van der Waals surface area contributed by atoms with Gasteiger partial charge in [0.1, 0.15) is 10.8 Å². The summed E-state index contributed by atoms with van der Waals surface area (Å²) < 4.78 is 14.3. The van der Waals surface area contributed by atoms with E-state index in [9.17, 15) is 4.39 Å². The number of nitrogens with one attached hydrogen (secondary N) is 1. The van der Waals surface area contributed by atoms with E-state index in [0.29, 0.717) is 23.1 Å². The van der Waals surface area contributed by atoms with E-state index in [1.807, 2.05) is 25.1 Å². The predicted octanol–water partition coefficient (Wildman–Crippen LogP) is 4.39. The number of halogens is 1. The van der Waals surface area contributed by atoms with Crippen molar-refractivity contribution in [2.75, 3.05) is 0 Å². The van der Waals surface area contributed by atoms with Gasteiger partial charge in [-0.15, -0.1) is 11.3 Å². The molecule has 2 nitrogen and oxygen atoms in total. The lowest BCUT2D eigenvalue weighted by Crippen LogP contribution is -2.15. The van der Waals surface area contributed by atoms with Crippen molar-refractivity contribution >= 4 is 11.3 Å². The molecule has 0 spiro atoms. The first-order valence-corrected chi connectivity index (χ1v) is 8.52. The van der Waals surface area contributed by atoms with Gasteiger partial charge in [0, 0.05) is 28.9 Å². The SMILES string of the molecule is Cc1cccc(-c2nc(C3CC3)c(CNC3CC3)s2)c1F. The minimum atomic E-state index is -0.129. The zero-order valence-electron chi connectivity index (χ0n) is 12.2. The molecule has 21 heavy (non-hydrogen) atoms. The van der Waals surface area contributed by atoms with Crippen LogP contribution >= 0.6 is 11.3 Å². The first-order valence-electron chi connectivity index (χ1n) is 7.71. The molecule has 0 radical (unpaired) electrons. The predicted molar refractivity (Wildman–Crippen MR) is 84.1 cm³/mol. The number of nitrogens with zero attached hydrogens (tertiary/aromatic N) is 1. The molecule has 0 aliphatic heterocycles. The summed E-state index contributed by atoms with van der Waals surface area (Å²) in [5.41, 5.74) is 2.55. The Bertz CT molecular complexity index is 671. The lowest BCUT2D eigenvalue weighted by atomic mass is 10.1. The fourth-order valence-electron chi connectivity index (χ4n) is 2.62. The lowest BCUT2D eigenvalue weighted by Gasteiger charge is -2.01. The van der Waals surface area contributed by atoms with E-state index >= 15 is 0 Å². The van der Waals surface area contributed by atoms with Crippen LogP contribution in [0.3, 0.4) is 0 Å². The second-order valence-corrected chi connectivity index (χ2v) is 7.28. The molecule has 1 heterocycles. The van der Waals surface area contributed by atoms with E-state index in [1.165, 1.54) is 36.3 Å². The third-order valence-corrected chi connectivity index (χ3v) is 5.35. The third kappa shape index (κ3) is 2.74. The Morgan fingerprint density at radius 1 is 1.29 bits per heavy atom. The van der Waals surface area contributed by atoms with Crippen molar-refractivity contribution in [1.29, 1.82) is 0 Å². The van der Waals surface area contributed by atoms with E-state index < -0.39 is 0 Å². The molecule has 2 saturated carbocycles. The van der Waals surface area contributed by atoms with Gasteiger partial charge in [0.15, 0.2) is 0 Å². The van der Waals surface area contributed by atoms with Gasteiger partial charge in [-0.3, -0.25) is 0 Å². The highest BCUT2D eigenvalue weighted by molar-refractivity contribution is 7.15. The summed E-state index contributed by atoms with van der Waals surface area (Å²) in [6.07, 6.45) is 5.04. The van der Waals surface area contributed by atoms with Gasteiger partial charge in [0.25, 0.3) is 0 Å². The van der Waals surface area contributed by atoms with Gasteiger partial charge in [-0.1, -0.05) is 12.1 Å². The van der Waals surface area contributed by atoms with Gasteiger partial charge in [0.2, 0.25) is 0 Å². The van der Waals surface area contributed by atoms with Gasteiger partial charge >= 0.3 is 0 Å². The van der Waals surface area contributed by atoms with Crippen LogP contribution in [0.4, 0.5) is 4.39 Å². The van der Waals surface area contributed by atoms with Crippen LogP contribution in [0.25, 0.3) is 10.6 Å². The highest BCUT2D eigenvalue weighted by atomic mass is 32.1. The average molecular weight is 302 g/mol. The Morgan fingerprint density at radius 3 is 2.81 bits per heavy atom. The molecule has 2 aliphatic carbocycles. The van der Waals surface area contributed by atoms with Crippen LogP contribution < -0.4 is 5.32 Å². The molecular formula is C17H19FN2S. The van der Waals surface area contributed by atoms with Crippen molar-refractivity contribution in [3.05, 3.63) is 40.2 Å². The van der Waals surface area contributed by atoms with Crippen molar-refractivity contribution in [1.82, 2.24) is 10.3 Å². The lowest BCUT2D eigenvalue weighted by molar-refractivity contribution is 0.622. The molecule has 110 valence electrons. The summed E-state index contributed by atoms with van der Waals surface area (Å²) in [4.78, 5) is 6.09. The van der Waals surface area contributed by atoms with E-state index in [2.05, 4.69) is 5.32 Å². The van der Waals surface area contributed by atoms with Crippen LogP contribution in [-0.2, 0) is 6.54 Å². The Hall–Kier alpha value is -1.26. The third-order valence-electron chi connectivity index (χ3n) is 4.24. The molecule has 2 aliphatic rings. The smallest absolute Gasteiger partial charge is 0.136 e. The minimum Gasteiger partial charge on any atom is -0.309 e. The first-order chi connectivity index (χ1) is 10.2. The normalized spacial score (nSPS) is 18.2. The number of hydrogen-bond donors (Lipinski definition) is 1. The first kappa shape index (κ1) is 13.4. The summed E-state index contributed by atoms with van der Waals surface area (Å²) in [6, 6.07) is 6.26. The maximum atomic E-state index is 14.3. The number of aromatic nitrogens is 1. The number of hydrogen-bond acceptors (Lipinski definition) is 3. The summed E-state index contributed by atoms with van der Waals surface area (Å²) in [6.45, 7) is 2.70. The number of rotatable bonds is 5. The zero-order chi connectivity index (χ0) is 14.4. The highest BCUT2D eigenvalue weighted by Gasteiger charge is 2.31. The van der Waals surface area contributed by atoms with Crippen LogP contribution in [0.15, 0.2) is 18.2 Å². The van der Waals surface area contributed by atoms with Crippen LogP contribution in [0.5, 0.6) is 0 Å². The Balaban J connectivity index is 1.68. The molecule has 0 amide bonds. The molecule has 0 saturated heterocycles. The minimum absolute atomic E-state index is 0.129. The van der Waals surface area contributed by atoms with E-state index in [1.54, 1.807) is 11.3 Å². The van der Waals surface area contributed by atoms with Crippen molar-refractivity contribution in [2.24, 2.45) is 0 Å². The van der Waals surface area contributed by atoms with Crippen molar-refractivity contribution in [3.8, 4) is 10.6 Å². The Kier molecular flexibility index (Phi) is 3.31. The monoisotopic (exact) mass is 302 g/mol. The number of aryl methyl sites for hydroxylation is 1. The van der Waals surface area contributed by atoms with Crippen molar-refractivity contribution in [3.63, 3.8) is 0 Å². The largest absolute Gasteiger partial charge is 0.309 e. The van der Waals surface area contributed by atoms with Gasteiger partial charge in [-0.25, -0.2) is 9.37 Å². The summed E-state index contributed by atoms with van der Waals surface area (Å²) in [5, 5.41) is 4.40. The summed E-state index contributed by atoms with van der Waals surface area (Å²) >= 11 is 1.66. The van der Waals surface area contributed by atoms with Crippen molar-refractivity contribution < 1.29 is 4.39 Å². The maximum Gasteiger partial charge on any atom is 0.136 e. The van der Waals surface area contributed by atoms with Crippen molar-refractivity contribution in [2.45, 2.75) is 51.1 Å². The average Bonchev–Trinajstić information content (AvgIpc) is 3.39. The van der Waals surface area contributed by atoms with Gasteiger partial charge in [-0.2, -0.15) is 0 Å². The molecule has 4 heteroatoms. The zero-order valence-corrected chi connectivity index (χ0v) is 13.0. The Morgan fingerprint density at radius 2 is 2.10 bits per heavy atom. The number of thiazole rings is 1. The van der Waals surface area contributed by atoms with Gasteiger partial charge in [0.05, 0.1) is 5.69 Å². The molecule has 2 aromatic rings. The molecule has 1 aromatic carbocycles. The van der Waals surface area contributed by atoms with E-state index in [-0.39, 0.29) is 5.82 Å². The second-order valence-electron chi connectivity index (χ2n) is 6.19. The fourth-order valence-corrected chi connectivity index (χ4v) is 3.74. The number of benzene rings is 1. The quantitative estimate of drug-likeness (QED) is 0.886. The molecule has 0 unspecified atom stereocenters. The summed E-state index contributed by atoms with van der Waals surface area (Å²) in [7, 11) is 0. The standard InChI is InChI=1S/C17H19FN2S/c1-10-3-2-4-13(15(10)18)17-20-16(11-5-6-11)14(21-17)9-19-12-7-8-12/h2-4,11-12,19H,5-9H2,1H3. The molecule has 0 atom stereocenters. The highest BCUT2D eigenvalue weighted by Crippen LogP contribution is 2.44. The van der Waals surface area contributed by atoms with Crippen LogP contribution in [0.2, 0.25) is 0 Å². The maximum absolute atomic E-state index is 14.3. The second kappa shape index (κ2) is 5.18. The topological polar surface area (TPSA) is 24.9 Å². The molecule has 1 N–H and O–H groups in total. The molecule has 2 fully saturated rings. The fraction of sp³-hybridized carbons (Fsp3) is 0.471. The van der Waals surface area contributed by atoms with E-state index in [0.717, 1.165) is 11.6 Å². The van der Waals surface area contributed by atoms with Gasteiger partial charge < -0.3 is 5.32 Å². The Labute approximate surface area is 128 Å².